The van der Waals surface area contributed by atoms with Crippen LogP contribution >= 0.6 is 0 Å². The van der Waals surface area contributed by atoms with Gasteiger partial charge in [-0.2, -0.15) is 8.42 Å². The maximum Gasteiger partial charge on any atom is 0.328 e. The number of esters is 1. The summed E-state index contributed by atoms with van der Waals surface area (Å²) in [5.74, 6) is -4.18. The molecule has 1 heterocycles. The number of H-pyrrole nitrogens is 1. The number of nitrogens with one attached hydrogen (secondary N) is 1. The number of carbonyl (C=O) groups excluding carboxylic acids is 2. The van der Waals surface area contributed by atoms with Gasteiger partial charge in [0.05, 0.1) is 18.8 Å². The van der Waals surface area contributed by atoms with Crippen molar-refractivity contribution in [3.63, 3.8) is 0 Å². The smallest absolute Gasteiger partial charge is 0.328 e. The summed E-state index contributed by atoms with van der Waals surface area (Å²) in [4.78, 5) is 43.0. The molecule has 0 radical (unpaired) electrons. The van der Waals surface area contributed by atoms with Crippen LogP contribution in [-0.4, -0.2) is 63.2 Å². The first kappa shape index (κ1) is 25.7. The fourth-order valence-corrected chi connectivity index (χ4v) is 3.69. The summed E-state index contributed by atoms with van der Waals surface area (Å²) in [5, 5.41) is 6.53. The summed E-state index contributed by atoms with van der Waals surface area (Å²) in [7, 11) is -5.05. The fourth-order valence-electron chi connectivity index (χ4n) is 3.04. The first-order valence-corrected chi connectivity index (χ1v) is 11.2. The molecule has 4 atom stereocenters. The first-order chi connectivity index (χ1) is 14.0. The maximum atomic E-state index is 13.0. The number of carboxylic acid groups (broad SMARTS) is 1. The van der Waals surface area contributed by atoms with Gasteiger partial charge in [-0.1, -0.05) is 26.7 Å². The Kier molecular flexibility index (Phi) is 10.1. The first-order valence-electron chi connectivity index (χ1n) is 9.66. The number of rotatable bonds is 14. The molecule has 0 saturated heterocycles. The van der Waals surface area contributed by atoms with Crippen molar-refractivity contribution in [3.8, 4) is 0 Å². The highest BCUT2D eigenvalue weighted by molar-refractivity contribution is 7.87. The molecule has 5 N–H and O–H groups in total. The second kappa shape index (κ2) is 11.8. The van der Waals surface area contributed by atoms with Crippen LogP contribution in [-0.2, 0) is 35.7 Å². The van der Waals surface area contributed by atoms with E-state index in [1.165, 1.54) is 12.5 Å². The van der Waals surface area contributed by atoms with Crippen molar-refractivity contribution in [1.82, 2.24) is 9.97 Å². The van der Waals surface area contributed by atoms with Gasteiger partial charge in [0.25, 0.3) is 10.1 Å². The zero-order valence-electron chi connectivity index (χ0n) is 17.0. The number of hydrogen-bond acceptors (Lipinski definition) is 8. The van der Waals surface area contributed by atoms with E-state index in [0.29, 0.717) is 18.5 Å². The molecule has 3 unspecified atom stereocenters. The van der Waals surface area contributed by atoms with E-state index < -0.39 is 57.6 Å². The number of aliphatic carboxylic acids is 1. The van der Waals surface area contributed by atoms with Gasteiger partial charge in [-0.25, -0.2) is 4.98 Å². The third kappa shape index (κ3) is 7.84. The fraction of sp³-hybridized carbons (Fsp3) is 0.667. The van der Waals surface area contributed by atoms with E-state index in [-0.39, 0.29) is 6.42 Å². The summed E-state index contributed by atoms with van der Waals surface area (Å²) in [6.45, 7) is 3.73. The molecule has 170 valence electrons. The Hall–Kier alpha value is -2.31. The highest BCUT2D eigenvalue weighted by Crippen LogP contribution is 2.23. The third-order valence-electron chi connectivity index (χ3n) is 4.75. The van der Waals surface area contributed by atoms with E-state index >= 15 is 0 Å². The number of ketones is 1. The molecule has 0 aliphatic carbocycles. The number of nitrogens with two attached hydrogens (primary N) is 1. The molecule has 1 aromatic rings. The molecule has 1 aromatic heterocycles. The summed E-state index contributed by atoms with van der Waals surface area (Å²) in [6.07, 6.45) is 2.94. The quantitative estimate of drug-likeness (QED) is 0.233. The lowest BCUT2D eigenvalue weighted by Crippen LogP contribution is -2.47. The Bertz CT molecular complexity index is 809. The number of carboxylic acids is 1. The van der Waals surface area contributed by atoms with Gasteiger partial charge in [0.2, 0.25) is 0 Å². The Balaban J connectivity index is 3.13. The van der Waals surface area contributed by atoms with E-state index in [1.54, 1.807) is 6.92 Å². The number of nitrogens with zero attached hydrogens (tertiary/aromatic N) is 1. The van der Waals surface area contributed by atoms with Gasteiger partial charge in [-0.05, 0) is 12.8 Å². The number of aromatic nitrogens is 2. The predicted octanol–water partition coefficient (Wildman–Crippen LogP) is 0.708. The molecule has 0 saturated carbocycles. The molecule has 1 rings (SSSR count). The van der Waals surface area contributed by atoms with Crippen LogP contribution in [0.25, 0.3) is 0 Å². The van der Waals surface area contributed by atoms with Crippen molar-refractivity contribution in [1.29, 1.82) is 0 Å². The predicted molar refractivity (Wildman–Crippen MR) is 106 cm³/mol. The van der Waals surface area contributed by atoms with Crippen molar-refractivity contribution in [3.05, 3.63) is 18.2 Å². The summed E-state index contributed by atoms with van der Waals surface area (Å²) >= 11 is 0. The monoisotopic (exact) mass is 447 g/mol. The van der Waals surface area contributed by atoms with E-state index in [4.69, 9.17) is 15.6 Å². The van der Waals surface area contributed by atoms with E-state index in [9.17, 15) is 27.4 Å². The van der Waals surface area contributed by atoms with Crippen LogP contribution in [0.1, 0.15) is 51.6 Å². The Morgan fingerprint density at radius 1 is 1.30 bits per heavy atom. The minimum atomic E-state index is -5.05. The van der Waals surface area contributed by atoms with Crippen LogP contribution in [0.15, 0.2) is 12.5 Å². The van der Waals surface area contributed by atoms with Crippen LogP contribution in [0.3, 0.4) is 0 Å². The van der Waals surface area contributed by atoms with Crippen LogP contribution in [0.5, 0.6) is 0 Å². The minimum Gasteiger partial charge on any atom is -0.481 e. The van der Waals surface area contributed by atoms with Gasteiger partial charge in [0.15, 0.2) is 17.1 Å². The minimum absolute atomic E-state index is 0.0912. The second-order valence-corrected chi connectivity index (χ2v) is 8.66. The van der Waals surface area contributed by atoms with Crippen molar-refractivity contribution in [2.45, 2.75) is 69.8 Å². The van der Waals surface area contributed by atoms with Crippen molar-refractivity contribution < 1.29 is 37.2 Å². The summed E-state index contributed by atoms with van der Waals surface area (Å²) in [6, 6.07) is -1.07. The van der Waals surface area contributed by atoms with Gasteiger partial charge in [0.1, 0.15) is 0 Å². The molecular formula is C18H29N3O8S. The molecule has 0 amide bonds. The molecule has 0 fully saturated rings. The van der Waals surface area contributed by atoms with Crippen LogP contribution in [0.2, 0.25) is 0 Å². The van der Waals surface area contributed by atoms with E-state index in [2.05, 4.69) is 9.97 Å². The molecule has 11 nitrogen and oxygen atoms in total. The van der Waals surface area contributed by atoms with Gasteiger partial charge in [0, 0.05) is 24.2 Å². The zero-order valence-corrected chi connectivity index (χ0v) is 17.8. The molecular weight excluding hydrogens is 418 g/mol. The van der Waals surface area contributed by atoms with Gasteiger partial charge in [-0.15, -0.1) is 0 Å². The lowest BCUT2D eigenvalue weighted by molar-refractivity contribution is -0.160. The number of imidazole rings is 1. The number of Topliss-reactive ketones (excluding diaryl/α,β-unsaturated/α-hetero) is 1. The van der Waals surface area contributed by atoms with Crippen LogP contribution in [0, 0.1) is 5.92 Å². The Labute approximate surface area is 175 Å². The van der Waals surface area contributed by atoms with E-state index in [0.717, 1.165) is 12.8 Å². The molecule has 0 aliphatic rings. The largest absolute Gasteiger partial charge is 0.481 e. The molecule has 0 aromatic carbocycles. The molecule has 0 bridgehead atoms. The van der Waals surface area contributed by atoms with Crippen molar-refractivity contribution >= 4 is 27.8 Å². The standard InChI is InChI=1S/C18H29N3O8S/c1-3-5-6-11(4-2)17(16(24)13(19)7-12-9-20-10-21-12)29-18(25)14(8-15(22)23)30(26,27)28/h9-11,13-14,17H,3-8,19H2,1-2H3,(H,20,21)(H,22,23)(H,26,27,28)/t11?,13-,14?,17?/m0/s1. The lowest BCUT2D eigenvalue weighted by Gasteiger charge is -2.28. The van der Waals surface area contributed by atoms with Crippen LogP contribution < -0.4 is 5.73 Å². The SMILES string of the molecule is CCCCC(CC)C(OC(=O)C(CC(=O)O)S(=O)(=O)O)C(=O)[C@@H](N)Cc1cnc[nH]1. The van der Waals surface area contributed by atoms with Gasteiger partial charge >= 0.3 is 11.9 Å². The summed E-state index contributed by atoms with van der Waals surface area (Å²) in [5.41, 5.74) is 6.59. The van der Waals surface area contributed by atoms with Crippen LogP contribution in [0.4, 0.5) is 0 Å². The number of carbonyl (C=O) groups is 3. The number of hydrogen-bond donors (Lipinski definition) is 4. The highest BCUT2D eigenvalue weighted by atomic mass is 32.2. The molecule has 12 heteroatoms. The normalized spacial score (nSPS) is 15.7. The number of ether oxygens (including phenoxy) is 1. The third-order valence-corrected chi connectivity index (χ3v) is 5.83. The topological polar surface area (TPSA) is 190 Å². The molecule has 0 aliphatic heterocycles. The van der Waals surface area contributed by atoms with Crippen molar-refractivity contribution in [2.75, 3.05) is 0 Å². The lowest BCUT2D eigenvalue weighted by atomic mass is 9.87. The number of aromatic amines is 1. The van der Waals surface area contributed by atoms with Crippen molar-refractivity contribution in [2.24, 2.45) is 11.7 Å². The summed E-state index contributed by atoms with van der Waals surface area (Å²) < 4.78 is 37.4. The van der Waals surface area contributed by atoms with Gasteiger partial charge in [-0.3, -0.25) is 18.9 Å². The second-order valence-electron chi connectivity index (χ2n) is 7.06. The maximum absolute atomic E-state index is 13.0. The highest BCUT2D eigenvalue weighted by Gasteiger charge is 2.40. The van der Waals surface area contributed by atoms with Gasteiger partial charge < -0.3 is 20.6 Å². The molecule has 0 spiro atoms. The number of unbranched alkanes of at least 4 members (excludes halogenated alkanes) is 1. The Morgan fingerprint density at radius 2 is 1.97 bits per heavy atom. The zero-order chi connectivity index (χ0) is 22.9. The molecule has 30 heavy (non-hydrogen) atoms. The van der Waals surface area contributed by atoms with E-state index in [1.807, 2.05) is 6.92 Å². The Morgan fingerprint density at radius 3 is 2.43 bits per heavy atom. The average Bonchev–Trinajstić information content (AvgIpc) is 3.16. The average molecular weight is 448 g/mol.